The number of hydrogen-bond acceptors (Lipinski definition) is 5. The highest BCUT2D eigenvalue weighted by atomic mass is 32.1. The van der Waals surface area contributed by atoms with Gasteiger partial charge in [0.25, 0.3) is 0 Å². The molecular weight excluding hydrogens is 371 g/mol. The lowest BCUT2D eigenvalue weighted by Gasteiger charge is -2.25. The maximum Gasteiger partial charge on any atom is 0.147 e. The van der Waals surface area contributed by atoms with Gasteiger partial charge in [0.05, 0.1) is 16.3 Å². The second-order valence-electron chi connectivity index (χ2n) is 6.83. The lowest BCUT2D eigenvalue weighted by Crippen LogP contribution is -2.27. The summed E-state index contributed by atoms with van der Waals surface area (Å²) in [7, 11) is 4.15. The Morgan fingerprint density at radius 2 is 1.79 bits per heavy atom. The van der Waals surface area contributed by atoms with E-state index in [1.807, 2.05) is 12.1 Å². The quantitative estimate of drug-likeness (QED) is 0.489. The van der Waals surface area contributed by atoms with Crippen LogP contribution in [-0.2, 0) is 0 Å². The van der Waals surface area contributed by atoms with Gasteiger partial charge in [0.1, 0.15) is 18.0 Å². The van der Waals surface area contributed by atoms with Gasteiger partial charge in [-0.1, -0.05) is 42.5 Å². The average Bonchev–Trinajstić information content (AvgIpc) is 3.14. The van der Waals surface area contributed by atoms with Crippen molar-refractivity contribution in [3.63, 3.8) is 0 Å². The van der Waals surface area contributed by atoms with Gasteiger partial charge in [0.2, 0.25) is 0 Å². The van der Waals surface area contributed by atoms with Crippen LogP contribution in [-0.4, -0.2) is 35.5 Å². The maximum atomic E-state index is 13.2. The summed E-state index contributed by atoms with van der Waals surface area (Å²) in [6, 6.07) is 19.2. The summed E-state index contributed by atoms with van der Waals surface area (Å²) in [4.78, 5) is 12.1. The molecule has 4 rings (SSSR count). The van der Waals surface area contributed by atoms with Gasteiger partial charge in [0, 0.05) is 11.4 Å². The van der Waals surface area contributed by atoms with Crippen LogP contribution in [0.25, 0.3) is 20.7 Å². The first-order chi connectivity index (χ1) is 13.6. The Balaban J connectivity index is 1.61. The average molecular weight is 393 g/mol. The number of halogens is 1. The van der Waals surface area contributed by atoms with Crippen molar-refractivity contribution in [1.29, 1.82) is 0 Å². The Morgan fingerprint density at radius 3 is 2.50 bits per heavy atom. The number of benzene rings is 2. The summed E-state index contributed by atoms with van der Waals surface area (Å²) in [6.45, 7) is 0.729. The molecule has 2 aromatic heterocycles. The summed E-state index contributed by atoms with van der Waals surface area (Å²) >= 11 is 1.62. The summed E-state index contributed by atoms with van der Waals surface area (Å²) in [5, 5.41) is 3.50. The van der Waals surface area contributed by atoms with Crippen molar-refractivity contribution in [2.75, 3.05) is 26.0 Å². The highest BCUT2D eigenvalue weighted by molar-refractivity contribution is 7.22. The molecule has 0 radical (unpaired) electrons. The zero-order valence-electron chi connectivity index (χ0n) is 15.8. The van der Waals surface area contributed by atoms with Gasteiger partial charge in [-0.2, -0.15) is 0 Å². The molecule has 1 atom stereocenters. The third-order valence-corrected chi connectivity index (χ3v) is 5.89. The molecule has 4 aromatic rings. The summed E-state index contributed by atoms with van der Waals surface area (Å²) in [5.41, 5.74) is 3.12. The second kappa shape index (κ2) is 8.04. The number of aromatic nitrogens is 2. The normalized spacial score (nSPS) is 12.4. The topological polar surface area (TPSA) is 41.0 Å². The molecule has 4 nitrogen and oxygen atoms in total. The molecule has 0 aliphatic carbocycles. The molecule has 2 aromatic carbocycles. The molecule has 28 heavy (non-hydrogen) atoms. The Bertz CT molecular complexity index is 1060. The van der Waals surface area contributed by atoms with Crippen LogP contribution < -0.4 is 5.32 Å². The minimum Gasteiger partial charge on any atom is -0.367 e. The number of thiophene rings is 1. The van der Waals surface area contributed by atoms with Gasteiger partial charge in [0.15, 0.2) is 0 Å². The third kappa shape index (κ3) is 3.88. The molecule has 0 saturated carbocycles. The summed E-state index contributed by atoms with van der Waals surface area (Å²) < 4.78 is 14.2. The largest absolute Gasteiger partial charge is 0.367 e. The van der Waals surface area contributed by atoms with Crippen LogP contribution in [0.1, 0.15) is 11.6 Å². The number of rotatable bonds is 6. The first-order valence-electron chi connectivity index (χ1n) is 9.07. The van der Waals surface area contributed by atoms with Crippen LogP contribution >= 0.6 is 11.3 Å². The lowest BCUT2D eigenvalue weighted by atomic mass is 10.1. The van der Waals surface area contributed by atoms with Crippen molar-refractivity contribution in [2.24, 2.45) is 0 Å². The zero-order chi connectivity index (χ0) is 19.5. The molecule has 0 unspecified atom stereocenters. The molecule has 0 aliphatic rings. The number of nitrogens with zero attached hydrogens (tertiary/aromatic N) is 3. The first-order valence-corrected chi connectivity index (χ1v) is 9.89. The van der Waals surface area contributed by atoms with Gasteiger partial charge in [-0.25, -0.2) is 14.4 Å². The van der Waals surface area contributed by atoms with E-state index in [0.717, 1.165) is 33.0 Å². The smallest absolute Gasteiger partial charge is 0.147 e. The number of hydrogen-bond donors (Lipinski definition) is 1. The molecule has 0 saturated heterocycles. The fourth-order valence-corrected chi connectivity index (χ4v) is 4.29. The van der Waals surface area contributed by atoms with Gasteiger partial charge in [-0.3, -0.25) is 0 Å². The summed E-state index contributed by atoms with van der Waals surface area (Å²) in [5.74, 6) is 0.591. The SMILES string of the molecule is CN(C)[C@@H](CNc1ncnc2cc(-c3ccc(F)cc3)sc12)c1ccccc1. The predicted octanol–water partition coefficient (Wildman–Crippen LogP) is 5.21. The number of fused-ring (bicyclic) bond motifs is 1. The Labute approximate surface area is 167 Å². The van der Waals surface area contributed by atoms with E-state index in [9.17, 15) is 4.39 Å². The standard InChI is InChI=1S/C22H21FN4S/c1-27(2)19(15-6-4-3-5-7-15)13-24-22-21-18(25-14-26-22)12-20(28-21)16-8-10-17(23)11-9-16/h3-12,14,19H,13H2,1-2H3,(H,24,25,26)/t19-/m0/s1. The second-order valence-corrected chi connectivity index (χ2v) is 7.88. The predicted molar refractivity (Wildman–Crippen MR) is 114 cm³/mol. The minimum absolute atomic E-state index is 0.225. The van der Waals surface area contributed by atoms with E-state index < -0.39 is 0 Å². The van der Waals surface area contributed by atoms with Crippen molar-refractivity contribution < 1.29 is 4.39 Å². The molecule has 0 fully saturated rings. The lowest BCUT2D eigenvalue weighted by molar-refractivity contribution is 0.311. The first kappa shape index (κ1) is 18.5. The van der Waals surface area contributed by atoms with Crippen molar-refractivity contribution in [1.82, 2.24) is 14.9 Å². The van der Waals surface area contributed by atoms with Crippen LogP contribution in [0.5, 0.6) is 0 Å². The highest BCUT2D eigenvalue weighted by Gasteiger charge is 2.16. The maximum absolute atomic E-state index is 13.2. The van der Waals surface area contributed by atoms with Crippen molar-refractivity contribution in [3.05, 3.63) is 78.4 Å². The Kier molecular flexibility index (Phi) is 5.32. The van der Waals surface area contributed by atoms with Gasteiger partial charge < -0.3 is 10.2 Å². The van der Waals surface area contributed by atoms with Crippen LogP contribution in [0.2, 0.25) is 0 Å². The molecule has 2 heterocycles. The molecular formula is C22H21FN4S. The van der Waals surface area contributed by atoms with E-state index in [0.29, 0.717) is 0 Å². The van der Waals surface area contributed by atoms with Crippen molar-refractivity contribution >= 4 is 27.4 Å². The number of likely N-dealkylation sites (N-methyl/N-ethyl adjacent to an activating group) is 1. The number of nitrogens with one attached hydrogen (secondary N) is 1. The monoisotopic (exact) mass is 392 g/mol. The van der Waals surface area contributed by atoms with E-state index in [4.69, 9.17) is 0 Å². The van der Waals surface area contributed by atoms with Gasteiger partial charge in [-0.15, -0.1) is 11.3 Å². The van der Waals surface area contributed by atoms with Gasteiger partial charge in [-0.05, 0) is 43.4 Å². The highest BCUT2D eigenvalue weighted by Crippen LogP contribution is 2.35. The molecule has 0 spiro atoms. The summed E-state index contributed by atoms with van der Waals surface area (Å²) in [6.07, 6.45) is 1.58. The Hall–Kier alpha value is -2.83. The molecule has 0 bridgehead atoms. The van der Waals surface area contributed by atoms with Crippen LogP contribution in [0.4, 0.5) is 10.2 Å². The minimum atomic E-state index is -0.234. The van der Waals surface area contributed by atoms with E-state index >= 15 is 0 Å². The molecule has 6 heteroatoms. The van der Waals surface area contributed by atoms with Gasteiger partial charge >= 0.3 is 0 Å². The van der Waals surface area contributed by atoms with Crippen molar-refractivity contribution in [3.8, 4) is 10.4 Å². The molecule has 0 amide bonds. The van der Waals surface area contributed by atoms with Crippen LogP contribution in [0, 0.1) is 5.82 Å². The van der Waals surface area contributed by atoms with Crippen molar-refractivity contribution in [2.45, 2.75) is 6.04 Å². The van der Waals surface area contributed by atoms with Crippen LogP contribution in [0.15, 0.2) is 67.0 Å². The van der Waals surface area contributed by atoms with E-state index in [2.05, 4.69) is 58.5 Å². The van der Waals surface area contributed by atoms with E-state index in [1.54, 1.807) is 29.8 Å². The third-order valence-electron chi connectivity index (χ3n) is 4.71. The fraction of sp³-hybridized carbons (Fsp3) is 0.182. The molecule has 142 valence electrons. The fourth-order valence-electron chi connectivity index (χ4n) is 3.20. The molecule has 1 N–H and O–H groups in total. The van der Waals surface area contributed by atoms with Crippen LogP contribution in [0.3, 0.4) is 0 Å². The molecule has 0 aliphatic heterocycles. The van der Waals surface area contributed by atoms with E-state index in [1.165, 1.54) is 17.7 Å². The number of anilines is 1. The Morgan fingerprint density at radius 1 is 1.04 bits per heavy atom. The van der Waals surface area contributed by atoms with E-state index in [-0.39, 0.29) is 11.9 Å². The zero-order valence-corrected chi connectivity index (χ0v) is 16.6.